The van der Waals surface area contributed by atoms with Crippen molar-refractivity contribution in [1.29, 1.82) is 0 Å². The van der Waals surface area contributed by atoms with Crippen LogP contribution in [0.25, 0.3) is 33.6 Å². The molecule has 156 valence electrons. The van der Waals surface area contributed by atoms with Crippen LogP contribution >= 0.6 is 0 Å². The first kappa shape index (κ1) is 18.4. The highest BCUT2D eigenvalue weighted by Gasteiger charge is 2.21. The fourth-order valence-corrected chi connectivity index (χ4v) is 4.03. The molecule has 0 fully saturated rings. The van der Waals surface area contributed by atoms with E-state index in [1.54, 1.807) is 18.2 Å². The third-order valence-electron chi connectivity index (χ3n) is 5.61. The zero-order chi connectivity index (χ0) is 21.5. The molecule has 5 aromatic rings. The van der Waals surface area contributed by atoms with Crippen LogP contribution in [0.15, 0.2) is 72.9 Å². The van der Waals surface area contributed by atoms with E-state index in [0.29, 0.717) is 41.7 Å². The van der Waals surface area contributed by atoms with E-state index in [2.05, 4.69) is 9.97 Å². The number of ether oxygens (including phenoxy) is 2. The molecule has 0 aliphatic carbocycles. The second-order valence-electron chi connectivity index (χ2n) is 7.64. The lowest BCUT2D eigenvalue weighted by atomic mass is 9.99. The number of nitrogens with zero attached hydrogens (tertiary/aromatic N) is 1. The summed E-state index contributed by atoms with van der Waals surface area (Å²) in [7, 11) is 0. The van der Waals surface area contributed by atoms with Crippen LogP contribution in [-0.2, 0) is 0 Å². The van der Waals surface area contributed by atoms with Crippen molar-refractivity contribution in [2.45, 2.75) is 0 Å². The van der Waals surface area contributed by atoms with E-state index >= 15 is 0 Å². The number of nitrogens with one attached hydrogen (secondary N) is 2. The van der Waals surface area contributed by atoms with E-state index in [0.717, 1.165) is 27.5 Å². The number of hydrogen-bond donors (Lipinski definition) is 2. The molecule has 6 heteroatoms. The average molecular weight is 421 g/mol. The van der Waals surface area contributed by atoms with Gasteiger partial charge in [0.2, 0.25) is 0 Å². The van der Waals surface area contributed by atoms with Gasteiger partial charge in [-0.3, -0.25) is 4.79 Å². The van der Waals surface area contributed by atoms with Crippen molar-refractivity contribution in [2.75, 3.05) is 13.2 Å². The summed E-state index contributed by atoms with van der Waals surface area (Å²) in [5.41, 5.74) is 4.60. The minimum atomic E-state index is -0.147. The topological polar surface area (TPSA) is 80.0 Å². The molecule has 0 saturated heterocycles. The van der Waals surface area contributed by atoms with Gasteiger partial charge in [0.1, 0.15) is 19.0 Å². The van der Waals surface area contributed by atoms with E-state index in [-0.39, 0.29) is 5.78 Å². The largest absolute Gasteiger partial charge is 0.486 e. The Morgan fingerprint density at radius 2 is 1.69 bits per heavy atom. The van der Waals surface area contributed by atoms with Gasteiger partial charge in [-0.15, -0.1) is 0 Å². The van der Waals surface area contributed by atoms with Crippen LogP contribution in [-0.4, -0.2) is 33.9 Å². The van der Waals surface area contributed by atoms with Gasteiger partial charge in [-0.1, -0.05) is 30.3 Å². The molecule has 1 aliphatic heterocycles. The Morgan fingerprint density at radius 1 is 0.906 bits per heavy atom. The van der Waals surface area contributed by atoms with Gasteiger partial charge in [0.25, 0.3) is 0 Å². The van der Waals surface area contributed by atoms with Crippen LogP contribution in [0.1, 0.15) is 21.7 Å². The highest BCUT2D eigenvalue weighted by atomic mass is 16.6. The second-order valence-corrected chi connectivity index (χ2v) is 7.64. The first-order valence-electron chi connectivity index (χ1n) is 10.4. The molecule has 0 bridgehead atoms. The zero-order valence-electron chi connectivity index (χ0n) is 17.1. The zero-order valence-corrected chi connectivity index (χ0v) is 17.1. The van der Waals surface area contributed by atoms with Crippen LogP contribution in [0.4, 0.5) is 0 Å². The number of allylic oxidation sites excluding steroid dienone is 1. The molecule has 1 aliphatic rings. The maximum atomic E-state index is 13.7. The van der Waals surface area contributed by atoms with E-state index in [1.165, 1.54) is 0 Å². The van der Waals surface area contributed by atoms with Gasteiger partial charge < -0.3 is 19.4 Å². The Bertz CT molecular complexity index is 1480. The molecule has 2 N–H and O–H groups in total. The summed E-state index contributed by atoms with van der Waals surface area (Å²) in [6, 6.07) is 21.0. The van der Waals surface area contributed by atoms with Gasteiger partial charge in [0.15, 0.2) is 17.3 Å². The number of aromatic nitrogens is 3. The lowest BCUT2D eigenvalue weighted by molar-refractivity contribution is 0.105. The summed E-state index contributed by atoms with van der Waals surface area (Å²) in [6.45, 7) is 0.969. The highest BCUT2D eigenvalue weighted by Crippen LogP contribution is 2.33. The maximum absolute atomic E-state index is 13.7. The molecular formula is C26H19N3O3. The van der Waals surface area contributed by atoms with Crippen molar-refractivity contribution < 1.29 is 14.3 Å². The van der Waals surface area contributed by atoms with Crippen molar-refractivity contribution in [3.05, 3.63) is 89.9 Å². The average Bonchev–Trinajstić information content (AvgIpc) is 3.46. The van der Waals surface area contributed by atoms with Crippen molar-refractivity contribution in [3.63, 3.8) is 0 Å². The van der Waals surface area contributed by atoms with Crippen molar-refractivity contribution in [1.82, 2.24) is 15.0 Å². The Kier molecular flexibility index (Phi) is 4.28. The van der Waals surface area contributed by atoms with E-state index in [4.69, 9.17) is 14.5 Å². The molecule has 0 radical (unpaired) electrons. The molecule has 0 saturated carbocycles. The van der Waals surface area contributed by atoms with Gasteiger partial charge in [-0.2, -0.15) is 0 Å². The molecule has 0 amide bonds. The van der Waals surface area contributed by atoms with Crippen LogP contribution in [0.5, 0.6) is 11.5 Å². The summed E-state index contributed by atoms with van der Waals surface area (Å²) >= 11 is 0. The predicted molar refractivity (Wildman–Crippen MR) is 124 cm³/mol. The fraction of sp³-hybridized carbons (Fsp3) is 0.0769. The Morgan fingerprint density at radius 3 is 2.56 bits per heavy atom. The smallest absolute Gasteiger partial charge is 0.196 e. The SMILES string of the molecule is O=C(/C(=C\c1c[nH]c2ccccc12)c1nc2ccccc2[nH]1)c1ccc2c(c1)OCCO2. The third kappa shape index (κ3) is 3.13. The summed E-state index contributed by atoms with van der Waals surface area (Å²) in [5, 5.41) is 1.04. The predicted octanol–water partition coefficient (Wildman–Crippen LogP) is 5.24. The molecule has 32 heavy (non-hydrogen) atoms. The lowest BCUT2D eigenvalue weighted by Gasteiger charge is -2.18. The molecule has 0 spiro atoms. The molecule has 0 atom stereocenters. The first-order chi connectivity index (χ1) is 15.8. The number of Topliss-reactive ketones (excluding diaryl/α,β-unsaturated/α-hetero) is 1. The molecule has 2 aromatic heterocycles. The molecule has 6 nitrogen and oxygen atoms in total. The van der Waals surface area contributed by atoms with E-state index in [9.17, 15) is 4.79 Å². The number of rotatable bonds is 4. The third-order valence-corrected chi connectivity index (χ3v) is 5.61. The van der Waals surface area contributed by atoms with Gasteiger partial charge in [0, 0.05) is 28.2 Å². The molecule has 0 unspecified atom stereocenters. The van der Waals surface area contributed by atoms with Gasteiger partial charge in [-0.05, 0) is 42.5 Å². The number of fused-ring (bicyclic) bond motifs is 3. The number of carbonyl (C=O) groups excluding carboxylic acids is 1. The maximum Gasteiger partial charge on any atom is 0.196 e. The molecule has 3 heterocycles. The quantitative estimate of drug-likeness (QED) is 0.307. The van der Waals surface area contributed by atoms with Gasteiger partial charge in [-0.25, -0.2) is 4.98 Å². The minimum absolute atomic E-state index is 0.147. The van der Waals surface area contributed by atoms with Crippen molar-refractivity contribution >= 4 is 39.4 Å². The van der Waals surface area contributed by atoms with Crippen molar-refractivity contribution in [2.24, 2.45) is 0 Å². The number of benzene rings is 3. The number of carbonyl (C=O) groups is 1. The number of para-hydroxylation sites is 3. The highest BCUT2D eigenvalue weighted by molar-refractivity contribution is 6.32. The monoisotopic (exact) mass is 421 g/mol. The Balaban J connectivity index is 1.51. The van der Waals surface area contributed by atoms with Crippen LogP contribution in [0.3, 0.4) is 0 Å². The summed E-state index contributed by atoms with van der Waals surface area (Å²) in [5.74, 6) is 1.61. The molecular weight excluding hydrogens is 402 g/mol. The van der Waals surface area contributed by atoms with Gasteiger partial charge in [0.05, 0.1) is 16.6 Å². The fourth-order valence-electron chi connectivity index (χ4n) is 4.03. The number of H-pyrrole nitrogens is 2. The van der Waals surface area contributed by atoms with Gasteiger partial charge >= 0.3 is 0 Å². The second kappa shape index (κ2) is 7.42. The normalized spacial score (nSPS) is 13.6. The summed E-state index contributed by atoms with van der Waals surface area (Å²) in [6.07, 6.45) is 3.79. The lowest BCUT2D eigenvalue weighted by Crippen LogP contribution is -2.16. The van der Waals surface area contributed by atoms with Crippen molar-refractivity contribution in [3.8, 4) is 11.5 Å². The summed E-state index contributed by atoms with van der Waals surface area (Å²) < 4.78 is 11.3. The van der Waals surface area contributed by atoms with Crippen LogP contribution in [0.2, 0.25) is 0 Å². The number of imidazole rings is 1. The molecule has 6 rings (SSSR count). The number of hydrogen-bond acceptors (Lipinski definition) is 4. The molecule has 3 aromatic carbocycles. The van der Waals surface area contributed by atoms with Crippen LogP contribution in [0, 0.1) is 0 Å². The standard InChI is InChI=1S/C26H19N3O3/c30-25(16-9-10-23-24(14-16)32-12-11-31-23)19(26-28-21-7-3-4-8-22(21)29-26)13-17-15-27-20-6-2-1-5-18(17)20/h1-10,13-15,27H,11-12H2,(H,28,29)/b19-13+. The number of ketones is 1. The Hall–Kier alpha value is -4.32. The first-order valence-corrected chi connectivity index (χ1v) is 10.4. The Labute approximate surface area is 183 Å². The van der Waals surface area contributed by atoms with E-state index < -0.39 is 0 Å². The minimum Gasteiger partial charge on any atom is -0.486 e. The number of aromatic amines is 2. The van der Waals surface area contributed by atoms with Crippen LogP contribution < -0.4 is 9.47 Å². The summed E-state index contributed by atoms with van der Waals surface area (Å²) in [4.78, 5) is 25.0. The van der Waals surface area contributed by atoms with E-state index in [1.807, 2.05) is 60.8 Å².